The summed E-state index contributed by atoms with van der Waals surface area (Å²) in [6, 6.07) is 10.3. The van der Waals surface area contributed by atoms with Gasteiger partial charge in [-0.15, -0.1) is 0 Å². The molecule has 2 rings (SSSR count). The molecule has 0 N–H and O–H groups in total. The van der Waals surface area contributed by atoms with Crippen molar-refractivity contribution in [1.29, 1.82) is 0 Å². The molecule has 1 fully saturated rings. The lowest BCUT2D eigenvalue weighted by Crippen LogP contribution is -2.41. The number of likely N-dealkylation sites (N-methyl/N-ethyl adjacent to an activating group) is 1. The molecule has 0 saturated heterocycles. The Morgan fingerprint density at radius 1 is 1.25 bits per heavy atom. The van der Waals surface area contributed by atoms with Gasteiger partial charge in [0.05, 0.1) is 5.25 Å². The Morgan fingerprint density at radius 2 is 1.95 bits per heavy atom. The van der Waals surface area contributed by atoms with Crippen LogP contribution in [0.3, 0.4) is 0 Å². The van der Waals surface area contributed by atoms with Crippen LogP contribution in [0.5, 0.6) is 0 Å². The van der Waals surface area contributed by atoms with E-state index in [0.29, 0.717) is 0 Å². The van der Waals surface area contributed by atoms with Gasteiger partial charge in [0.25, 0.3) is 0 Å². The summed E-state index contributed by atoms with van der Waals surface area (Å²) in [5.74, 6) is 0. The Bertz CT molecular complexity index is 551. The van der Waals surface area contributed by atoms with E-state index in [2.05, 4.69) is 29.2 Å². The Kier molecular flexibility index (Phi) is 5.00. The molecule has 0 spiro atoms. The van der Waals surface area contributed by atoms with E-state index in [-0.39, 0.29) is 11.3 Å². The summed E-state index contributed by atoms with van der Waals surface area (Å²) < 4.78 is 23.6. The van der Waals surface area contributed by atoms with Crippen molar-refractivity contribution in [1.82, 2.24) is 4.90 Å². The van der Waals surface area contributed by atoms with E-state index in [1.807, 2.05) is 25.2 Å². The van der Waals surface area contributed by atoms with Crippen LogP contribution in [0.25, 0.3) is 6.08 Å². The summed E-state index contributed by atoms with van der Waals surface area (Å²) in [7, 11) is -0.922. The quantitative estimate of drug-likeness (QED) is 0.837. The summed E-state index contributed by atoms with van der Waals surface area (Å²) >= 11 is 0. The first-order chi connectivity index (χ1) is 9.48. The minimum absolute atomic E-state index is 0.158. The van der Waals surface area contributed by atoms with Crippen LogP contribution in [0.4, 0.5) is 0 Å². The van der Waals surface area contributed by atoms with Gasteiger partial charge < -0.3 is 0 Å². The van der Waals surface area contributed by atoms with E-state index in [1.54, 1.807) is 0 Å². The van der Waals surface area contributed by atoms with Gasteiger partial charge in [-0.3, -0.25) is 4.90 Å². The number of rotatable bonds is 5. The predicted octanol–water partition coefficient (Wildman–Crippen LogP) is 2.60. The Balaban J connectivity index is 1.95. The van der Waals surface area contributed by atoms with Crippen LogP contribution < -0.4 is 0 Å². The number of benzene rings is 1. The monoisotopic (exact) mass is 293 g/mol. The van der Waals surface area contributed by atoms with Crippen molar-refractivity contribution in [2.45, 2.75) is 30.6 Å². The average Bonchev–Trinajstić information content (AvgIpc) is 2.89. The van der Waals surface area contributed by atoms with Crippen LogP contribution in [-0.2, 0) is 9.84 Å². The summed E-state index contributed by atoms with van der Waals surface area (Å²) in [5, 5.41) is -0.197. The first-order valence-electron chi connectivity index (χ1n) is 7.09. The third kappa shape index (κ3) is 3.93. The standard InChI is InChI=1S/C16H23NO2S/c1-17(13-7-10-14-8-4-3-5-9-14)15-11-6-12-16(15)20(2,18)19/h3-5,7-10,15-16H,6,11-13H2,1-2H3. The molecule has 1 saturated carbocycles. The van der Waals surface area contributed by atoms with Crippen LogP contribution in [-0.4, -0.2) is 44.5 Å². The molecule has 2 unspecified atom stereocenters. The maximum atomic E-state index is 11.8. The molecule has 1 aliphatic rings. The zero-order valence-electron chi connectivity index (χ0n) is 12.2. The van der Waals surface area contributed by atoms with E-state index < -0.39 is 9.84 Å². The van der Waals surface area contributed by atoms with Gasteiger partial charge in [-0.1, -0.05) is 48.9 Å². The molecule has 0 aromatic heterocycles. The van der Waals surface area contributed by atoms with Crippen LogP contribution in [0.15, 0.2) is 36.4 Å². The van der Waals surface area contributed by atoms with E-state index in [0.717, 1.165) is 25.8 Å². The van der Waals surface area contributed by atoms with E-state index in [9.17, 15) is 8.42 Å². The topological polar surface area (TPSA) is 37.4 Å². The molecule has 110 valence electrons. The van der Waals surface area contributed by atoms with Crippen molar-refractivity contribution in [2.24, 2.45) is 0 Å². The highest BCUT2D eigenvalue weighted by atomic mass is 32.2. The smallest absolute Gasteiger partial charge is 0.151 e. The molecule has 2 atom stereocenters. The lowest BCUT2D eigenvalue weighted by atomic mass is 10.2. The lowest BCUT2D eigenvalue weighted by Gasteiger charge is -2.27. The first-order valence-corrected chi connectivity index (χ1v) is 9.04. The third-order valence-electron chi connectivity index (χ3n) is 4.04. The van der Waals surface area contributed by atoms with Crippen molar-refractivity contribution in [2.75, 3.05) is 19.8 Å². The Hall–Kier alpha value is -1.13. The normalized spacial score (nSPS) is 23.8. The molecule has 20 heavy (non-hydrogen) atoms. The maximum Gasteiger partial charge on any atom is 0.151 e. The second-order valence-electron chi connectivity index (χ2n) is 5.62. The van der Waals surface area contributed by atoms with Gasteiger partial charge in [-0.25, -0.2) is 8.42 Å². The molecule has 0 bridgehead atoms. The van der Waals surface area contributed by atoms with E-state index >= 15 is 0 Å². The fourth-order valence-electron chi connectivity index (χ4n) is 2.96. The van der Waals surface area contributed by atoms with Gasteiger partial charge in [0.15, 0.2) is 9.84 Å². The van der Waals surface area contributed by atoms with Gasteiger partial charge in [0, 0.05) is 18.8 Å². The Labute approximate surface area is 122 Å². The lowest BCUT2D eigenvalue weighted by molar-refractivity contribution is 0.272. The van der Waals surface area contributed by atoms with Gasteiger partial charge >= 0.3 is 0 Å². The van der Waals surface area contributed by atoms with E-state index in [4.69, 9.17) is 0 Å². The van der Waals surface area contributed by atoms with Crippen LogP contribution in [0.1, 0.15) is 24.8 Å². The van der Waals surface area contributed by atoms with E-state index in [1.165, 1.54) is 11.8 Å². The van der Waals surface area contributed by atoms with Gasteiger partial charge in [0.2, 0.25) is 0 Å². The minimum Gasteiger partial charge on any atom is -0.298 e. The largest absolute Gasteiger partial charge is 0.298 e. The SMILES string of the molecule is CN(CC=Cc1ccccc1)C1CCCC1S(C)(=O)=O. The van der Waals surface area contributed by atoms with Gasteiger partial charge in [0.1, 0.15) is 0 Å². The van der Waals surface area contributed by atoms with Crippen molar-refractivity contribution >= 4 is 15.9 Å². The molecule has 0 radical (unpaired) electrons. The summed E-state index contributed by atoms with van der Waals surface area (Å²) in [6.45, 7) is 0.783. The molecule has 3 nitrogen and oxygen atoms in total. The van der Waals surface area contributed by atoms with Crippen molar-refractivity contribution in [3.05, 3.63) is 42.0 Å². The van der Waals surface area contributed by atoms with Gasteiger partial charge in [-0.2, -0.15) is 0 Å². The van der Waals surface area contributed by atoms with Crippen LogP contribution in [0, 0.1) is 0 Å². The van der Waals surface area contributed by atoms with Crippen molar-refractivity contribution < 1.29 is 8.42 Å². The van der Waals surface area contributed by atoms with Gasteiger partial charge in [-0.05, 0) is 25.5 Å². The predicted molar refractivity (Wildman–Crippen MR) is 84.4 cm³/mol. The average molecular weight is 293 g/mol. The highest BCUT2D eigenvalue weighted by Crippen LogP contribution is 2.28. The number of nitrogens with zero attached hydrogens (tertiary/aromatic N) is 1. The summed E-state index contributed by atoms with van der Waals surface area (Å²) in [4.78, 5) is 2.16. The number of hydrogen-bond acceptors (Lipinski definition) is 3. The second-order valence-corrected chi connectivity index (χ2v) is 7.88. The molecular formula is C16H23NO2S. The molecule has 0 aliphatic heterocycles. The molecule has 1 aromatic carbocycles. The minimum atomic E-state index is -2.94. The highest BCUT2D eigenvalue weighted by Gasteiger charge is 2.36. The summed E-state index contributed by atoms with van der Waals surface area (Å²) in [6.07, 6.45) is 8.34. The number of hydrogen-bond donors (Lipinski definition) is 0. The van der Waals surface area contributed by atoms with Crippen molar-refractivity contribution in [3.8, 4) is 0 Å². The zero-order chi connectivity index (χ0) is 14.6. The zero-order valence-corrected chi connectivity index (χ0v) is 13.0. The molecule has 1 aromatic rings. The molecular weight excluding hydrogens is 270 g/mol. The summed E-state index contributed by atoms with van der Waals surface area (Å²) in [5.41, 5.74) is 1.17. The Morgan fingerprint density at radius 3 is 2.60 bits per heavy atom. The number of sulfone groups is 1. The highest BCUT2D eigenvalue weighted by molar-refractivity contribution is 7.91. The molecule has 0 heterocycles. The molecule has 0 amide bonds. The van der Waals surface area contributed by atoms with Crippen LogP contribution in [0.2, 0.25) is 0 Å². The second kappa shape index (κ2) is 6.55. The maximum absolute atomic E-state index is 11.8. The van der Waals surface area contributed by atoms with Crippen molar-refractivity contribution in [3.63, 3.8) is 0 Å². The first kappa shape index (κ1) is 15.3. The molecule has 1 aliphatic carbocycles. The third-order valence-corrected chi connectivity index (χ3v) is 5.69. The van der Waals surface area contributed by atoms with Crippen LogP contribution >= 0.6 is 0 Å². The fraction of sp³-hybridized carbons (Fsp3) is 0.500. The molecule has 4 heteroatoms. The fourth-order valence-corrected chi connectivity index (χ4v) is 4.47.